The van der Waals surface area contributed by atoms with Crippen LogP contribution in [0.2, 0.25) is 0 Å². The lowest BCUT2D eigenvalue weighted by molar-refractivity contribution is -0.106. The molecule has 3 N–H and O–H groups in total. The molecule has 20 heavy (non-hydrogen) atoms. The average molecular weight is 272 g/mol. The second-order valence-electron chi connectivity index (χ2n) is 6.38. The first kappa shape index (κ1) is 12.4. The van der Waals surface area contributed by atoms with E-state index < -0.39 is 5.60 Å². The van der Waals surface area contributed by atoms with Crippen LogP contribution >= 0.6 is 0 Å². The first-order chi connectivity index (χ1) is 9.63. The SMILES string of the molecule is CN1CC(CO)CC2(O)c3cccc4[nH]cc(c34)CC12. The molecule has 1 saturated heterocycles. The van der Waals surface area contributed by atoms with Crippen molar-refractivity contribution in [2.45, 2.75) is 24.5 Å². The van der Waals surface area contributed by atoms with Crippen LogP contribution in [0.5, 0.6) is 0 Å². The molecule has 2 heterocycles. The lowest BCUT2D eigenvalue weighted by Gasteiger charge is -2.50. The molecule has 0 amide bonds. The first-order valence-corrected chi connectivity index (χ1v) is 7.26. The lowest BCUT2D eigenvalue weighted by atomic mass is 9.69. The maximum atomic E-state index is 11.4. The molecule has 1 fully saturated rings. The summed E-state index contributed by atoms with van der Waals surface area (Å²) in [6, 6.07) is 6.20. The second kappa shape index (κ2) is 4.07. The van der Waals surface area contributed by atoms with Gasteiger partial charge < -0.3 is 15.2 Å². The number of aliphatic hydroxyl groups is 2. The number of aromatic amines is 1. The van der Waals surface area contributed by atoms with Gasteiger partial charge in [0, 0.05) is 36.3 Å². The van der Waals surface area contributed by atoms with E-state index in [-0.39, 0.29) is 18.6 Å². The molecule has 2 aromatic rings. The number of hydrogen-bond donors (Lipinski definition) is 3. The molecule has 3 atom stereocenters. The summed E-state index contributed by atoms with van der Waals surface area (Å²) in [5.74, 6) is 0.136. The number of hydrogen-bond acceptors (Lipinski definition) is 3. The van der Waals surface area contributed by atoms with E-state index in [2.05, 4.69) is 29.2 Å². The van der Waals surface area contributed by atoms with Gasteiger partial charge in [0.15, 0.2) is 0 Å². The number of likely N-dealkylation sites (N-methyl/N-ethyl adjacent to an activating group) is 1. The molecule has 1 aliphatic heterocycles. The molecule has 1 aromatic heterocycles. The third-order valence-corrected chi connectivity index (χ3v) is 5.15. The Balaban J connectivity index is 1.93. The number of aromatic nitrogens is 1. The predicted molar refractivity (Wildman–Crippen MR) is 77.5 cm³/mol. The summed E-state index contributed by atoms with van der Waals surface area (Å²) < 4.78 is 0. The molecule has 2 aliphatic rings. The van der Waals surface area contributed by atoms with Crippen molar-refractivity contribution in [1.82, 2.24) is 9.88 Å². The van der Waals surface area contributed by atoms with E-state index in [4.69, 9.17) is 0 Å². The number of H-pyrrole nitrogens is 1. The molecule has 3 unspecified atom stereocenters. The van der Waals surface area contributed by atoms with Crippen LogP contribution in [0.25, 0.3) is 10.9 Å². The van der Waals surface area contributed by atoms with E-state index in [0.717, 1.165) is 24.0 Å². The van der Waals surface area contributed by atoms with Gasteiger partial charge in [-0.15, -0.1) is 0 Å². The highest BCUT2D eigenvalue weighted by Gasteiger charge is 2.49. The summed E-state index contributed by atoms with van der Waals surface area (Å²) in [5.41, 5.74) is 2.56. The Kier molecular flexibility index (Phi) is 2.52. The van der Waals surface area contributed by atoms with Crippen LogP contribution in [0, 0.1) is 5.92 Å². The van der Waals surface area contributed by atoms with Crippen molar-refractivity contribution in [2.24, 2.45) is 5.92 Å². The van der Waals surface area contributed by atoms with Gasteiger partial charge in [0.2, 0.25) is 0 Å². The van der Waals surface area contributed by atoms with E-state index in [1.807, 2.05) is 12.1 Å². The molecule has 1 aromatic carbocycles. The Morgan fingerprint density at radius 1 is 1.45 bits per heavy atom. The number of likely N-dealkylation sites (tertiary alicyclic amines) is 1. The van der Waals surface area contributed by atoms with E-state index >= 15 is 0 Å². The second-order valence-corrected chi connectivity index (χ2v) is 6.38. The van der Waals surface area contributed by atoms with Crippen molar-refractivity contribution in [3.63, 3.8) is 0 Å². The van der Waals surface area contributed by atoms with Crippen molar-refractivity contribution in [3.05, 3.63) is 35.5 Å². The summed E-state index contributed by atoms with van der Waals surface area (Å²) >= 11 is 0. The summed E-state index contributed by atoms with van der Waals surface area (Å²) in [4.78, 5) is 5.52. The predicted octanol–water partition coefficient (Wildman–Crippen LogP) is 1.22. The molecule has 4 nitrogen and oxygen atoms in total. The smallest absolute Gasteiger partial charge is 0.106 e. The van der Waals surface area contributed by atoms with Crippen molar-refractivity contribution < 1.29 is 10.2 Å². The highest BCUT2D eigenvalue weighted by molar-refractivity contribution is 5.88. The topological polar surface area (TPSA) is 59.5 Å². The molecule has 0 spiro atoms. The molecule has 1 aliphatic carbocycles. The van der Waals surface area contributed by atoms with Gasteiger partial charge in [-0.3, -0.25) is 4.90 Å². The largest absolute Gasteiger partial charge is 0.396 e. The summed E-state index contributed by atoms with van der Waals surface area (Å²) in [6.07, 6.45) is 3.57. The monoisotopic (exact) mass is 272 g/mol. The van der Waals surface area contributed by atoms with Crippen molar-refractivity contribution in [2.75, 3.05) is 20.2 Å². The molecule has 106 valence electrons. The highest BCUT2D eigenvalue weighted by Crippen LogP contribution is 2.46. The molecular formula is C16H20N2O2. The minimum Gasteiger partial charge on any atom is -0.396 e. The van der Waals surface area contributed by atoms with Crippen molar-refractivity contribution >= 4 is 10.9 Å². The van der Waals surface area contributed by atoms with Gasteiger partial charge in [0.05, 0.1) is 0 Å². The first-order valence-electron chi connectivity index (χ1n) is 7.26. The van der Waals surface area contributed by atoms with Gasteiger partial charge in [0.25, 0.3) is 0 Å². The Morgan fingerprint density at radius 2 is 2.30 bits per heavy atom. The summed E-state index contributed by atoms with van der Waals surface area (Å²) in [6.45, 7) is 0.981. The third kappa shape index (κ3) is 1.47. The van der Waals surface area contributed by atoms with Gasteiger partial charge >= 0.3 is 0 Å². The fraction of sp³-hybridized carbons (Fsp3) is 0.500. The average Bonchev–Trinajstić information content (AvgIpc) is 2.85. The lowest BCUT2D eigenvalue weighted by Crippen LogP contribution is -2.58. The van der Waals surface area contributed by atoms with Crippen LogP contribution in [-0.2, 0) is 12.0 Å². The maximum Gasteiger partial charge on any atom is 0.106 e. The Labute approximate surface area is 118 Å². The van der Waals surface area contributed by atoms with E-state index in [0.29, 0.717) is 6.42 Å². The van der Waals surface area contributed by atoms with E-state index in [9.17, 15) is 10.2 Å². The van der Waals surface area contributed by atoms with Crippen LogP contribution in [0.1, 0.15) is 17.5 Å². The Morgan fingerprint density at radius 3 is 3.10 bits per heavy atom. The molecule has 0 bridgehead atoms. The number of aliphatic hydroxyl groups excluding tert-OH is 1. The number of nitrogens with one attached hydrogen (secondary N) is 1. The minimum atomic E-state index is -0.852. The van der Waals surface area contributed by atoms with Crippen LogP contribution < -0.4 is 0 Å². The number of benzene rings is 1. The standard InChI is InChI=1S/C16H20N2O2/c1-18-8-10(9-19)6-16(20)12-3-2-4-13-15(12)11(7-17-13)5-14(16)18/h2-4,7,10,14,17,19-20H,5-6,8-9H2,1H3. The number of piperidine rings is 1. The molecule has 4 rings (SSSR count). The molecule has 0 saturated carbocycles. The molecule has 4 heteroatoms. The van der Waals surface area contributed by atoms with Gasteiger partial charge in [-0.2, -0.15) is 0 Å². The highest BCUT2D eigenvalue weighted by atomic mass is 16.3. The van der Waals surface area contributed by atoms with Gasteiger partial charge in [-0.25, -0.2) is 0 Å². The Bertz CT molecular complexity index is 666. The number of nitrogens with zero attached hydrogens (tertiary/aromatic N) is 1. The third-order valence-electron chi connectivity index (χ3n) is 5.15. The summed E-state index contributed by atoms with van der Waals surface area (Å²) in [7, 11) is 2.05. The fourth-order valence-electron chi connectivity index (χ4n) is 4.26. The van der Waals surface area contributed by atoms with Crippen molar-refractivity contribution in [3.8, 4) is 0 Å². The fourth-order valence-corrected chi connectivity index (χ4v) is 4.26. The van der Waals surface area contributed by atoms with Gasteiger partial charge in [-0.05, 0) is 43.0 Å². The van der Waals surface area contributed by atoms with Crippen LogP contribution in [-0.4, -0.2) is 46.3 Å². The number of fused-ring (bicyclic) bond motifs is 2. The van der Waals surface area contributed by atoms with Gasteiger partial charge in [-0.1, -0.05) is 12.1 Å². The minimum absolute atomic E-state index is 0.0965. The van der Waals surface area contributed by atoms with Crippen LogP contribution in [0.15, 0.2) is 24.4 Å². The zero-order valence-corrected chi connectivity index (χ0v) is 11.6. The zero-order valence-electron chi connectivity index (χ0n) is 11.6. The van der Waals surface area contributed by atoms with Gasteiger partial charge in [0.1, 0.15) is 5.60 Å². The summed E-state index contributed by atoms with van der Waals surface area (Å²) in [5, 5.41) is 22.1. The molecule has 0 radical (unpaired) electrons. The quantitative estimate of drug-likeness (QED) is 0.731. The van der Waals surface area contributed by atoms with Crippen molar-refractivity contribution in [1.29, 1.82) is 0 Å². The van der Waals surface area contributed by atoms with E-state index in [1.54, 1.807) is 0 Å². The normalized spacial score (nSPS) is 33.4. The molecular weight excluding hydrogens is 252 g/mol. The van der Waals surface area contributed by atoms with Crippen LogP contribution in [0.4, 0.5) is 0 Å². The maximum absolute atomic E-state index is 11.4. The zero-order chi connectivity index (χ0) is 13.9. The van der Waals surface area contributed by atoms with E-state index in [1.165, 1.54) is 10.9 Å². The Hall–Kier alpha value is -1.36. The number of rotatable bonds is 1. The van der Waals surface area contributed by atoms with Crippen LogP contribution in [0.3, 0.4) is 0 Å².